The third kappa shape index (κ3) is 4.41. The normalized spacial score (nSPS) is 32.6. The maximum atomic E-state index is 11.4. The van der Waals surface area contributed by atoms with Gasteiger partial charge in [-0.1, -0.05) is 12.8 Å². The Bertz CT molecular complexity index is 366. The van der Waals surface area contributed by atoms with Crippen molar-refractivity contribution in [1.82, 2.24) is 15.4 Å². The lowest BCUT2D eigenvalue weighted by atomic mass is 9.79. The van der Waals surface area contributed by atoms with E-state index in [1.54, 1.807) is 0 Å². The van der Waals surface area contributed by atoms with E-state index in [2.05, 4.69) is 15.4 Å². The summed E-state index contributed by atoms with van der Waals surface area (Å²) in [4.78, 5) is 0. The number of hydrogen-bond donors (Lipinski definition) is 3. The molecule has 0 spiro atoms. The molecule has 3 unspecified atom stereocenters. The summed E-state index contributed by atoms with van der Waals surface area (Å²) in [5.74, 6) is 0.846. The Kier molecular flexibility index (Phi) is 5.62. The molecule has 0 aromatic rings. The van der Waals surface area contributed by atoms with Crippen LogP contribution in [0.15, 0.2) is 0 Å². The first-order valence-corrected chi connectivity index (χ1v) is 9.15. The van der Waals surface area contributed by atoms with Crippen molar-refractivity contribution in [3.63, 3.8) is 0 Å². The smallest absolute Gasteiger partial charge is 0.212 e. The molecule has 2 fully saturated rings. The summed E-state index contributed by atoms with van der Waals surface area (Å²) >= 11 is 0. The number of sulfonamides is 1. The lowest BCUT2D eigenvalue weighted by Gasteiger charge is -2.36. The summed E-state index contributed by atoms with van der Waals surface area (Å²) in [5, 5.41) is 7.08. The Morgan fingerprint density at radius 1 is 1.16 bits per heavy atom. The summed E-state index contributed by atoms with van der Waals surface area (Å²) in [6.45, 7) is 1.69. The zero-order valence-electron chi connectivity index (χ0n) is 11.8. The Balaban J connectivity index is 1.82. The van der Waals surface area contributed by atoms with Crippen molar-refractivity contribution in [2.75, 3.05) is 25.9 Å². The van der Waals surface area contributed by atoms with Gasteiger partial charge in [0.2, 0.25) is 10.0 Å². The van der Waals surface area contributed by atoms with Gasteiger partial charge in [0.1, 0.15) is 0 Å². The van der Waals surface area contributed by atoms with E-state index in [0.717, 1.165) is 6.54 Å². The van der Waals surface area contributed by atoms with Crippen molar-refractivity contribution in [1.29, 1.82) is 0 Å². The lowest BCUT2D eigenvalue weighted by molar-refractivity contribution is 0.217. The molecule has 0 aromatic carbocycles. The second-order valence-electron chi connectivity index (χ2n) is 5.73. The summed E-state index contributed by atoms with van der Waals surface area (Å²) in [6, 6.07) is 1.12. The minimum atomic E-state index is -3.08. The molecular formula is C13H27N3O2S. The van der Waals surface area contributed by atoms with Crippen LogP contribution in [0.2, 0.25) is 0 Å². The van der Waals surface area contributed by atoms with E-state index in [4.69, 9.17) is 0 Å². The van der Waals surface area contributed by atoms with Gasteiger partial charge in [-0.15, -0.1) is 0 Å². The van der Waals surface area contributed by atoms with Gasteiger partial charge in [0.25, 0.3) is 0 Å². The molecular weight excluding hydrogens is 262 g/mol. The van der Waals surface area contributed by atoms with Crippen molar-refractivity contribution in [3.8, 4) is 0 Å². The third-order valence-corrected chi connectivity index (χ3v) is 5.89. The second kappa shape index (κ2) is 7.02. The minimum Gasteiger partial charge on any atom is -0.314 e. The molecule has 112 valence electrons. The van der Waals surface area contributed by atoms with Crippen LogP contribution in [0, 0.1) is 5.92 Å². The highest BCUT2D eigenvalue weighted by atomic mass is 32.2. The first kappa shape index (κ1) is 15.2. The van der Waals surface area contributed by atoms with Gasteiger partial charge in [-0.25, -0.2) is 13.1 Å². The molecule has 0 amide bonds. The zero-order valence-corrected chi connectivity index (χ0v) is 12.6. The fourth-order valence-corrected chi connectivity index (χ4v) is 4.04. The molecule has 3 atom stereocenters. The van der Waals surface area contributed by atoms with Gasteiger partial charge >= 0.3 is 0 Å². The molecule has 0 bridgehead atoms. The standard InChI is InChI=1S/C13H27N3O2S/c1-14-19(17,18)10-9-16-12-6-3-2-5-11(12)13-7-4-8-15-13/h11-16H,2-10H2,1H3. The van der Waals surface area contributed by atoms with Crippen LogP contribution in [0.4, 0.5) is 0 Å². The van der Waals surface area contributed by atoms with E-state index in [-0.39, 0.29) is 5.75 Å². The highest BCUT2D eigenvalue weighted by Gasteiger charge is 2.32. The Labute approximate surface area is 117 Å². The maximum absolute atomic E-state index is 11.4. The van der Waals surface area contributed by atoms with Crippen molar-refractivity contribution in [3.05, 3.63) is 0 Å². The van der Waals surface area contributed by atoms with Gasteiger partial charge in [-0.3, -0.25) is 0 Å². The highest BCUT2D eigenvalue weighted by Crippen LogP contribution is 2.30. The predicted molar refractivity (Wildman–Crippen MR) is 77.6 cm³/mol. The van der Waals surface area contributed by atoms with Gasteiger partial charge in [0, 0.05) is 18.6 Å². The second-order valence-corrected chi connectivity index (χ2v) is 7.78. The van der Waals surface area contributed by atoms with E-state index in [0.29, 0.717) is 24.5 Å². The monoisotopic (exact) mass is 289 g/mol. The van der Waals surface area contributed by atoms with E-state index >= 15 is 0 Å². The lowest BCUT2D eigenvalue weighted by Crippen LogP contribution is -2.48. The quantitative estimate of drug-likeness (QED) is 0.663. The van der Waals surface area contributed by atoms with Crippen LogP contribution in [0.25, 0.3) is 0 Å². The molecule has 5 nitrogen and oxygen atoms in total. The summed E-state index contributed by atoms with van der Waals surface area (Å²) in [5.41, 5.74) is 0. The first-order valence-electron chi connectivity index (χ1n) is 7.50. The molecule has 0 aromatic heterocycles. The van der Waals surface area contributed by atoms with Crippen LogP contribution in [0.5, 0.6) is 0 Å². The van der Waals surface area contributed by atoms with Crippen molar-refractivity contribution >= 4 is 10.0 Å². The average Bonchev–Trinajstić information content (AvgIpc) is 2.93. The van der Waals surface area contributed by atoms with Crippen molar-refractivity contribution < 1.29 is 8.42 Å². The van der Waals surface area contributed by atoms with Crippen molar-refractivity contribution in [2.24, 2.45) is 5.92 Å². The van der Waals surface area contributed by atoms with Gasteiger partial charge in [-0.05, 0) is 45.2 Å². The highest BCUT2D eigenvalue weighted by molar-refractivity contribution is 7.89. The Hall–Kier alpha value is -0.170. The summed E-state index contributed by atoms with van der Waals surface area (Å²) in [7, 11) is -1.61. The number of hydrogen-bond acceptors (Lipinski definition) is 4. The molecule has 1 aliphatic carbocycles. The van der Waals surface area contributed by atoms with Gasteiger partial charge in [0.15, 0.2) is 0 Å². The molecule has 2 aliphatic rings. The SMILES string of the molecule is CNS(=O)(=O)CCNC1CCCCC1C1CCCN1. The van der Waals surface area contributed by atoms with E-state index in [1.165, 1.54) is 45.6 Å². The predicted octanol–water partition coefficient (Wildman–Crippen LogP) is 0.436. The average molecular weight is 289 g/mol. The summed E-state index contributed by atoms with van der Waals surface area (Å²) in [6.07, 6.45) is 7.59. The molecule has 3 N–H and O–H groups in total. The molecule has 1 saturated heterocycles. The molecule has 1 heterocycles. The minimum absolute atomic E-state index is 0.171. The molecule has 19 heavy (non-hydrogen) atoms. The van der Waals surface area contributed by atoms with E-state index in [9.17, 15) is 8.42 Å². The molecule has 1 aliphatic heterocycles. The Morgan fingerprint density at radius 2 is 1.95 bits per heavy atom. The topological polar surface area (TPSA) is 70.2 Å². The first-order chi connectivity index (χ1) is 9.12. The zero-order chi connectivity index (χ0) is 13.7. The van der Waals surface area contributed by atoms with Crippen LogP contribution >= 0.6 is 0 Å². The molecule has 6 heteroatoms. The Morgan fingerprint density at radius 3 is 2.63 bits per heavy atom. The fraction of sp³-hybridized carbons (Fsp3) is 1.00. The van der Waals surface area contributed by atoms with Crippen LogP contribution in [0.3, 0.4) is 0 Å². The van der Waals surface area contributed by atoms with Gasteiger partial charge < -0.3 is 10.6 Å². The fourth-order valence-electron chi connectivity index (χ4n) is 3.45. The number of rotatable bonds is 6. The molecule has 1 saturated carbocycles. The van der Waals surface area contributed by atoms with Gasteiger partial charge in [0.05, 0.1) is 5.75 Å². The van der Waals surface area contributed by atoms with Crippen LogP contribution in [-0.4, -0.2) is 46.4 Å². The molecule has 2 rings (SSSR count). The van der Waals surface area contributed by atoms with Crippen LogP contribution in [-0.2, 0) is 10.0 Å². The van der Waals surface area contributed by atoms with Crippen molar-refractivity contribution in [2.45, 2.75) is 50.6 Å². The molecule has 0 radical (unpaired) electrons. The summed E-state index contributed by atoms with van der Waals surface area (Å²) < 4.78 is 25.2. The van der Waals surface area contributed by atoms with Gasteiger partial charge in [-0.2, -0.15) is 0 Å². The third-order valence-electron chi connectivity index (χ3n) is 4.52. The maximum Gasteiger partial charge on any atom is 0.212 e. The van der Waals surface area contributed by atoms with E-state index in [1.807, 2.05) is 0 Å². The van der Waals surface area contributed by atoms with Crippen LogP contribution < -0.4 is 15.4 Å². The van der Waals surface area contributed by atoms with Crippen LogP contribution in [0.1, 0.15) is 38.5 Å². The number of nitrogens with one attached hydrogen (secondary N) is 3. The largest absolute Gasteiger partial charge is 0.314 e. The van der Waals surface area contributed by atoms with E-state index < -0.39 is 10.0 Å².